The molecule has 2 rings (SSSR count). The summed E-state index contributed by atoms with van der Waals surface area (Å²) in [4.78, 5) is 14.3. The van der Waals surface area contributed by atoms with E-state index < -0.39 is 0 Å². The Hall–Kier alpha value is -0.570. The van der Waals surface area contributed by atoms with Crippen LogP contribution in [0.3, 0.4) is 0 Å². The van der Waals surface area contributed by atoms with Crippen molar-refractivity contribution in [3.8, 4) is 0 Å². The molecule has 2 heterocycles. The fourth-order valence-corrected chi connectivity index (χ4v) is 2.67. The van der Waals surface area contributed by atoms with E-state index in [0.717, 1.165) is 19.5 Å². The van der Waals surface area contributed by atoms with Gasteiger partial charge in [-0.15, -0.1) is 0 Å². The van der Waals surface area contributed by atoms with Crippen LogP contribution in [0.15, 0.2) is 0 Å². The molecule has 15 heavy (non-hydrogen) atoms. The molecule has 3 unspecified atom stereocenters. The number of likely N-dealkylation sites (tertiary alicyclic amines) is 1. The van der Waals surface area contributed by atoms with Gasteiger partial charge in [-0.1, -0.05) is 13.3 Å². The average molecular weight is 210 g/mol. The third-order valence-corrected chi connectivity index (χ3v) is 4.03. The lowest BCUT2D eigenvalue weighted by atomic mass is 10.0. The second kappa shape index (κ2) is 4.52. The SMILES string of the molecule is CC1CCN(C(=O)C2CCCCN2)C1C. The zero-order chi connectivity index (χ0) is 10.8. The maximum Gasteiger partial charge on any atom is 0.239 e. The molecule has 0 radical (unpaired) electrons. The largest absolute Gasteiger partial charge is 0.338 e. The summed E-state index contributed by atoms with van der Waals surface area (Å²) >= 11 is 0. The van der Waals surface area contributed by atoms with Gasteiger partial charge in [-0.2, -0.15) is 0 Å². The van der Waals surface area contributed by atoms with Crippen LogP contribution < -0.4 is 5.32 Å². The molecule has 2 aliphatic rings. The number of carbonyl (C=O) groups is 1. The molecule has 0 aromatic rings. The molecule has 3 atom stereocenters. The maximum atomic E-state index is 12.2. The Kier molecular flexibility index (Phi) is 3.29. The minimum atomic E-state index is 0.103. The van der Waals surface area contributed by atoms with Crippen LogP contribution in [-0.4, -0.2) is 36.0 Å². The Labute approximate surface area is 92.2 Å². The van der Waals surface area contributed by atoms with Crippen LogP contribution in [0, 0.1) is 5.92 Å². The van der Waals surface area contributed by atoms with Crippen molar-refractivity contribution in [2.24, 2.45) is 5.92 Å². The summed E-state index contributed by atoms with van der Waals surface area (Å²) in [7, 11) is 0. The topological polar surface area (TPSA) is 32.3 Å². The van der Waals surface area contributed by atoms with Gasteiger partial charge in [0.1, 0.15) is 0 Å². The van der Waals surface area contributed by atoms with Gasteiger partial charge in [-0.05, 0) is 38.6 Å². The zero-order valence-corrected chi connectivity index (χ0v) is 9.83. The fourth-order valence-electron chi connectivity index (χ4n) is 2.67. The minimum absolute atomic E-state index is 0.103. The van der Waals surface area contributed by atoms with Crippen molar-refractivity contribution in [1.82, 2.24) is 10.2 Å². The lowest BCUT2D eigenvalue weighted by Crippen LogP contribution is -2.49. The Morgan fingerprint density at radius 2 is 2.07 bits per heavy atom. The van der Waals surface area contributed by atoms with Gasteiger partial charge in [-0.3, -0.25) is 4.79 Å². The van der Waals surface area contributed by atoms with Gasteiger partial charge in [0, 0.05) is 12.6 Å². The van der Waals surface area contributed by atoms with Crippen molar-refractivity contribution in [3.05, 3.63) is 0 Å². The average Bonchev–Trinajstić information content (AvgIpc) is 2.60. The summed E-state index contributed by atoms with van der Waals surface area (Å²) in [5.74, 6) is 1.00. The normalized spacial score (nSPS) is 36.9. The number of hydrogen-bond acceptors (Lipinski definition) is 2. The highest BCUT2D eigenvalue weighted by atomic mass is 16.2. The Morgan fingerprint density at radius 1 is 1.27 bits per heavy atom. The van der Waals surface area contributed by atoms with Gasteiger partial charge in [-0.25, -0.2) is 0 Å². The van der Waals surface area contributed by atoms with E-state index in [1.807, 2.05) is 0 Å². The van der Waals surface area contributed by atoms with Gasteiger partial charge < -0.3 is 10.2 Å². The van der Waals surface area contributed by atoms with Crippen molar-refractivity contribution < 1.29 is 4.79 Å². The molecular weight excluding hydrogens is 188 g/mol. The molecule has 2 aliphatic heterocycles. The number of amides is 1. The van der Waals surface area contributed by atoms with Gasteiger partial charge in [0.15, 0.2) is 0 Å². The first kappa shape index (κ1) is 10.9. The van der Waals surface area contributed by atoms with Crippen LogP contribution >= 0.6 is 0 Å². The molecule has 0 aromatic heterocycles. The summed E-state index contributed by atoms with van der Waals surface area (Å²) in [5, 5.41) is 3.34. The van der Waals surface area contributed by atoms with Gasteiger partial charge >= 0.3 is 0 Å². The highest BCUT2D eigenvalue weighted by Crippen LogP contribution is 2.25. The number of piperidine rings is 1. The van der Waals surface area contributed by atoms with Crippen LogP contribution in [0.1, 0.15) is 39.5 Å². The maximum absolute atomic E-state index is 12.2. The molecule has 3 heteroatoms. The summed E-state index contributed by atoms with van der Waals surface area (Å²) in [6.45, 7) is 6.39. The van der Waals surface area contributed by atoms with Crippen molar-refractivity contribution in [2.45, 2.75) is 51.6 Å². The van der Waals surface area contributed by atoms with Gasteiger partial charge in [0.25, 0.3) is 0 Å². The molecule has 0 aliphatic carbocycles. The first-order chi connectivity index (χ1) is 7.20. The van der Waals surface area contributed by atoms with E-state index in [0.29, 0.717) is 17.9 Å². The number of nitrogens with zero attached hydrogens (tertiary/aromatic N) is 1. The Balaban J connectivity index is 1.95. The molecule has 3 nitrogen and oxygen atoms in total. The lowest BCUT2D eigenvalue weighted by Gasteiger charge is -2.30. The number of nitrogens with one attached hydrogen (secondary N) is 1. The molecule has 86 valence electrons. The standard InChI is InChI=1S/C12H22N2O/c1-9-6-8-14(10(9)2)12(15)11-5-3-4-7-13-11/h9-11,13H,3-8H2,1-2H3. The van der Waals surface area contributed by atoms with E-state index in [2.05, 4.69) is 24.1 Å². The van der Waals surface area contributed by atoms with Gasteiger partial charge in [0.2, 0.25) is 5.91 Å². The zero-order valence-electron chi connectivity index (χ0n) is 9.83. The first-order valence-electron chi connectivity index (χ1n) is 6.24. The van der Waals surface area contributed by atoms with Crippen LogP contribution in [0.2, 0.25) is 0 Å². The second-order valence-electron chi connectivity index (χ2n) is 5.04. The van der Waals surface area contributed by atoms with E-state index in [1.165, 1.54) is 19.3 Å². The van der Waals surface area contributed by atoms with E-state index in [-0.39, 0.29) is 6.04 Å². The fraction of sp³-hybridized carbons (Fsp3) is 0.917. The van der Waals surface area contributed by atoms with Gasteiger partial charge in [0.05, 0.1) is 6.04 Å². The van der Waals surface area contributed by atoms with E-state index >= 15 is 0 Å². The summed E-state index contributed by atoms with van der Waals surface area (Å²) < 4.78 is 0. The number of carbonyl (C=O) groups excluding carboxylic acids is 1. The van der Waals surface area contributed by atoms with Crippen molar-refractivity contribution in [3.63, 3.8) is 0 Å². The predicted molar refractivity (Wildman–Crippen MR) is 60.6 cm³/mol. The molecule has 0 bridgehead atoms. The van der Waals surface area contributed by atoms with Crippen LogP contribution in [0.4, 0.5) is 0 Å². The monoisotopic (exact) mass is 210 g/mol. The molecular formula is C12H22N2O. The predicted octanol–water partition coefficient (Wildman–Crippen LogP) is 1.39. The first-order valence-corrected chi connectivity index (χ1v) is 6.24. The van der Waals surface area contributed by atoms with Crippen molar-refractivity contribution >= 4 is 5.91 Å². The second-order valence-corrected chi connectivity index (χ2v) is 5.04. The molecule has 0 aromatic carbocycles. The molecule has 0 saturated carbocycles. The summed E-state index contributed by atoms with van der Waals surface area (Å²) in [6.07, 6.45) is 4.60. The third kappa shape index (κ3) is 2.17. The van der Waals surface area contributed by atoms with Crippen molar-refractivity contribution in [1.29, 1.82) is 0 Å². The van der Waals surface area contributed by atoms with E-state index in [9.17, 15) is 4.79 Å². The van der Waals surface area contributed by atoms with E-state index in [1.54, 1.807) is 0 Å². The molecule has 2 fully saturated rings. The van der Waals surface area contributed by atoms with Crippen molar-refractivity contribution in [2.75, 3.05) is 13.1 Å². The molecule has 1 amide bonds. The van der Waals surface area contributed by atoms with Crippen LogP contribution in [0.5, 0.6) is 0 Å². The molecule has 1 N–H and O–H groups in total. The number of hydrogen-bond donors (Lipinski definition) is 1. The number of rotatable bonds is 1. The highest BCUT2D eigenvalue weighted by molar-refractivity contribution is 5.82. The molecule has 0 spiro atoms. The van der Waals surface area contributed by atoms with Crippen LogP contribution in [-0.2, 0) is 4.79 Å². The Morgan fingerprint density at radius 3 is 2.60 bits per heavy atom. The summed E-state index contributed by atoms with van der Waals surface area (Å²) in [6, 6.07) is 0.535. The van der Waals surface area contributed by atoms with E-state index in [4.69, 9.17) is 0 Å². The highest BCUT2D eigenvalue weighted by Gasteiger charge is 2.34. The van der Waals surface area contributed by atoms with Crippen LogP contribution in [0.25, 0.3) is 0 Å². The Bertz CT molecular complexity index is 236. The summed E-state index contributed by atoms with van der Waals surface area (Å²) in [5.41, 5.74) is 0. The molecule has 2 saturated heterocycles. The quantitative estimate of drug-likeness (QED) is 0.709. The third-order valence-electron chi connectivity index (χ3n) is 4.03. The smallest absolute Gasteiger partial charge is 0.239 e. The minimum Gasteiger partial charge on any atom is -0.338 e. The lowest BCUT2D eigenvalue weighted by molar-refractivity contribution is -0.134.